The zero-order valence-electron chi connectivity index (χ0n) is 11.6. The molecular weight excluding hydrogens is 266 g/mol. The summed E-state index contributed by atoms with van der Waals surface area (Å²) in [7, 11) is 0. The number of hydrogen-bond acceptors (Lipinski definition) is 3. The van der Waals surface area contributed by atoms with E-state index in [4.69, 9.17) is 20.8 Å². The molecule has 1 rings (SSSR count). The molecule has 0 saturated heterocycles. The fraction of sp³-hybridized carbons (Fsp3) is 0.643. The van der Waals surface area contributed by atoms with Crippen molar-refractivity contribution in [2.45, 2.75) is 38.5 Å². The van der Waals surface area contributed by atoms with E-state index in [1.807, 2.05) is 0 Å². The van der Waals surface area contributed by atoms with E-state index in [0.717, 1.165) is 25.9 Å². The van der Waals surface area contributed by atoms with Gasteiger partial charge in [-0.2, -0.15) is 0 Å². The normalized spacial score (nSPS) is 12.4. The molecule has 1 aromatic heterocycles. The topological polar surface area (TPSA) is 51.5 Å². The minimum atomic E-state index is -0.228. The number of ether oxygens (including phenoxy) is 1. The number of carbonyl (C=O) groups excluding carboxylic acids is 1. The summed E-state index contributed by atoms with van der Waals surface area (Å²) in [5, 5.41) is 2.56. The van der Waals surface area contributed by atoms with Crippen LogP contribution >= 0.6 is 11.6 Å². The van der Waals surface area contributed by atoms with Gasteiger partial charge in [0, 0.05) is 19.8 Å². The van der Waals surface area contributed by atoms with E-state index in [1.165, 1.54) is 0 Å². The lowest BCUT2D eigenvalue weighted by molar-refractivity contribution is 0.0911. The van der Waals surface area contributed by atoms with Gasteiger partial charge in [0.05, 0.1) is 5.38 Å². The van der Waals surface area contributed by atoms with Gasteiger partial charge in [-0.25, -0.2) is 0 Å². The van der Waals surface area contributed by atoms with E-state index in [-0.39, 0.29) is 11.3 Å². The number of rotatable bonds is 9. The van der Waals surface area contributed by atoms with Crippen LogP contribution in [0.25, 0.3) is 0 Å². The quantitative estimate of drug-likeness (QED) is 0.558. The Morgan fingerprint density at radius 2 is 2.16 bits per heavy atom. The van der Waals surface area contributed by atoms with Gasteiger partial charge in [-0.3, -0.25) is 4.79 Å². The molecule has 1 amide bonds. The number of carbonyl (C=O) groups is 1. The van der Waals surface area contributed by atoms with Crippen LogP contribution in [0.4, 0.5) is 0 Å². The van der Waals surface area contributed by atoms with E-state index in [0.29, 0.717) is 24.7 Å². The number of alkyl halides is 1. The molecule has 1 atom stereocenters. The van der Waals surface area contributed by atoms with Crippen LogP contribution in [-0.4, -0.2) is 25.7 Å². The summed E-state index contributed by atoms with van der Waals surface area (Å²) in [6, 6.07) is 3.36. The van der Waals surface area contributed by atoms with Gasteiger partial charge in [0.25, 0.3) is 5.91 Å². The van der Waals surface area contributed by atoms with Crippen molar-refractivity contribution in [2.24, 2.45) is 0 Å². The lowest BCUT2D eigenvalue weighted by Gasteiger charge is -2.04. The first-order chi connectivity index (χ1) is 9.15. The van der Waals surface area contributed by atoms with Crippen LogP contribution in [0.3, 0.4) is 0 Å². The van der Waals surface area contributed by atoms with Crippen LogP contribution in [0.1, 0.15) is 54.8 Å². The molecule has 19 heavy (non-hydrogen) atoms. The Hall–Kier alpha value is -1.00. The first kappa shape index (κ1) is 16.1. The minimum Gasteiger partial charge on any atom is -0.454 e. The number of nitrogens with one attached hydrogen (secondary N) is 1. The first-order valence-corrected chi connectivity index (χ1v) is 7.18. The van der Waals surface area contributed by atoms with Crippen LogP contribution < -0.4 is 5.32 Å². The van der Waals surface area contributed by atoms with Crippen molar-refractivity contribution >= 4 is 17.5 Å². The van der Waals surface area contributed by atoms with Gasteiger partial charge < -0.3 is 14.5 Å². The van der Waals surface area contributed by atoms with Gasteiger partial charge in [-0.1, -0.05) is 13.3 Å². The van der Waals surface area contributed by atoms with Crippen molar-refractivity contribution in [1.82, 2.24) is 5.32 Å². The van der Waals surface area contributed by atoms with E-state index in [2.05, 4.69) is 12.2 Å². The van der Waals surface area contributed by atoms with Crippen LogP contribution in [-0.2, 0) is 4.74 Å². The Balaban J connectivity index is 2.16. The smallest absolute Gasteiger partial charge is 0.286 e. The summed E-state index contributed by atoms with van der Waals surface area (Å²) >= 11 is 5.87. The van der Waals surface area contributed by atoms with Gasteiger partial charge in [-0.15, -0.1) is 11.6 Å². The van der Waals surface area contributed by atoms with Crippen LogP contribution in [0.5, 0.6) is 0 Å². The average molecular weight is 288 g/mol. The third-order valence-corrected chi connectivity index (χ3v) is 2.85. The molecule has 0 aliphatic carbocycles. The fourth-order valence-corrected chi connectivity index (χ4v) is 1.62. The first-order valence-electron chi connectivity index (χ1n) is 6.75. The molecule has 0 aliphatic heterocycles. The van der Waals surface area contributed by atoms with Crippen molar-refractivity contribution < 1.29 is 13.9 Å². The van der Waals surface area contributed by atoms with Gasteiger partial charge >= 0.3 is 0 Å². The van der Waals surface area contributed by atoms with E-state index < -0.39 is 0 Å². The van der Waals surface area contributed by atoms with E-state index >= 15 is 0 Å². The number of amides is 1. The third kappa shape index (κ3) is 6.12. The lowest BCUT2D eigenvalue weighted by Crippen LogP contribution is -2.24. The standard InChI is InChI=1S/C14H22ClNO3/c1-3-4-9-18-10-5-8-16-14(17)13-7-6-12(19-13)11(2)15/h6-7,11H,3-5,8-10H2,1-2H3,(H,16,17). The predicted octanol–water partition coefficient (Wildman–Crippen LogP) is 3.52. The third-order valence-electron chi connectivity index (χ3n) is 2.64. The highest BCUT2D eigenvalue weighted by atomic mass is 35.5. The van der Waals surface area contributed by atoms with Gasteiger partial charge in [0.15, 0.2) is 5.76 Å². The highest BCUT2D eigenvalue weighted by Crippen LogP contribution is 2.21. The molecule has 4 nitrogen and oxygen atoms in total. The molecule has 0 aliphatic rings. The summed E-state index contributed by atoms with van der Waals surface area (Å²) in [5.41, 5.74) is 0. The van der Waals surface area contributed by atoms with Crippen molar-refractivity contribution in [3.05, 3.63) is 23.7 Å². The predicted molar refractivity (Wildman–Crippen MR) is 75.7 cm³/mol. The lowest BCUT2D eigenvalue weighted by atomic mass is 10.3. The SMILES string of the molecule is CCCCOCCCNC(=O)c1ccc(C(C)Cl)o1. The number of halogens is 1. The second-order valence-electron chi connectivity index (χ2n) is 4.39. The number of furan rings is 1. The van der Waals surface area contributed by atoms with Crippen LogP contribution in [0.2, 0.25) is 0 Å². The van der Waals surface area contributed by atoms with Gasteiger partial charge in [-0.05, 0) is 31.9 Å². The summed E-state index contributed by atoms with van der Waals surface area (Å²) in [5.74, 6) is 0.696. The molecule has 1 unspecified atom stereocenters. The molecule has 108 valence electrons. The Morgan fingerprint density at radius 3 is 2.79 bits per heavy atom. The monoisotopic (exact) mass is 287 g/mol. The molecule has 1 N–H and O–H groups in total. The Labute approximate surface area is 119 Å². The average Bonchev–Trinajstić information content (AvgIpc) is 2.87. The number of hydrogen-bond donors (Lipinski definition) is 1. The molecule has 0 spiro atoms. The zero-order valence-corrected chi connectivity index (χ0v) is 12.3. The molecule has 0 aromatic carbocycles. The maximum atomic E-state index is 11.7. The summed E-state index contributed by atoms with van der Waals surface area (Å²) in [6.45, 7) is 5.97. The highest BCUT2D eigenvalue weighted by molar-refractivity contribution is 6.20. The van der Waals surface area contributed by atoms with E-state index in [9.17, 15) is 4.79 Å². The van der Waals surface area contributed by atoms with Crippen molar-refractivity contribution in [2.75, 3.05) is 19.8 Å². The van der Waals surface area contributed by atoms with Crippen molar-refractivity contribution in [1.29, 1.82) is 0 Å². The highest BCUT2D eigenvalue weighted by Gasteiger charge is 2.12. The molecule has 0 fully saturated rings. The van der Waals surface area contributed by atoms with Gasteiger partial charge in [0.1, 0.15) is 5.76 Å². The molecular formula is C14H22ClNO3. The van der Waals surface area contributed by atoms with Crippen molar-refractivity contribution in [3.8, 4) is 0 Å². The molecule has 5 heteroatoms. The Bertz CT molecular complexity index is 377. The Morgan fingerprint density at radius 1 is 1.42 bits per heavy atom. The molecule has 0 radical (unpaired) electrons. The molecule has 1 heterocycles. The van der Waals surface area contributed by atoms with E-state index in [1.54, 1.807) is 19.1 Å². The minimum absolute atomic E-state index is 0.211. The second kappa shape index (κ2) is 8.99. The summed E-state index contributed by atoms with van der Waals surface area (Å²) in [6.07, 6.45) is 3.02. The summed E-state index contributed by atoms with van der Waals surface area (Å²) < 4.78 is 10.7. The van der Waals surface area contributed by atoms with Crippen LogP contribution in [0, 0.1) is 0 Å². The largest absolute Gasteiger partial charge is 0.454 e. The van der Waals surface area contributed by atoms with Crippen molar-refractivity contribution in [3.63, 3.8) is 0 Å². The molecule has 0 saturated carbocycles. The molecule has 1 aromatic rings. The maximum Gasteiger partial charge on any atom is 0.286 e. The van der Waals surface area contributed by atoms with Gasteiger partial charge in [0.2, 0.25) is 0 Å². The zero-order chi connectivity index (χ0) is 14.1. The molecule has 0 bridgehead atoms. The second-order valence-corrected chi connectivity index (χ2v) is 5.05. The number of unbranched alkanes of at least 4 members (excludes halogenated alkanes) is 1. The summed E-state index contributed by atoms with van der Waals surface area (Å²) in [4.78, 5) is 11.7. The van der Waals surface area contributed by atoms with Crippen LogP contribution in [0.15, 0.2) is 16.5 Å². The fourth-order valence-electron chi connectivity index (χ4n) is 1.50. The Kier molecular flexibility index (Phi) is 7.60. The maximum absolute atomic E-state index is 11.7.